The number of anilines is 2. The molecule has 0 spiro atoms. The van der Waals surface area contributed by atoms with Crippen molar-refractivity contribution < 1.29 is 14.3 Å². The number of esters is 1. The van der Waals surface area contributed by atoms with Gasteiger partial charge in [0.05, 0.1) is 18.8 Å². The van der Waals surface area contributed by atoms with E-state index in [1.807, 2.05) is 0 Å². The largest absolute Gasteiger partial charge is 0.465 e. The van der Waals surface area contributed by atoms with Gasteiger partial charge in [0.25, 0.3) is 0 Å². The van der Waals surface area contributed by atoms with Crippen molar-refractivity contribution in [3.8, 4) is 0 Å². The van der Waals surface area contributed by atoms with Crippen LogP contribution in [0.2, 0.25) is 0 Å². The summed E-state index contributed by atoms with van der Waals surface area (Å²) in [5.41, 5.74) is 7.43. The molecule has 1 heterocycles. The Labute approximate surface area is 113 Å². The van der Waals surface area contributed by atoms with Crippen LogP contribution in [0.4, 0.5) is 11.4 Å². The summed E-state index contributed by atoms with van der Waals surface area (Å²) in [4.78, 5) is 11.7. The SMILES string of the molecule is COC(=O)c1cc(N)ccc1NCC1CCCCO1. The molecule has 1 aliphatic rings. The first-order chi connectivity index (χ1) is 9.20. The van der Waals surface area contributed by atoms with Crippen LogP contribution in [0.15, 0.2) is 18.2 Å². The van der Waals surface area contributed by atoms with Gasteiger partial charge in [0, 0.05) is 24.5 Å². The van der Waals surface area contributed by atoms with E-state index in [0.717, 1.165) is 25.1 Å². The highest BCUT2D eigenvalue weighted by molar-refractivity contribution is 5.96. The molecule has 0 amide bonds. The summed E-state index contributed by atoms with van der Waals surface area (Å²) in [7, 11) is 1.36. The quantitative estimate of drug-likeness (QED) is 0.643. The Balaban J connectivity index is 2.04. The molecule has 104 valence electrons. The van der Waals surface area contributed by atoms with Crippen molar-refractivity contribution in [2.45, 2.75) is 25.4 Å². The minimum absolute atomic E-state index is 0.205. The van der Waals surface area contributed by atoms with Crippen LogP contribution in [0.1, 0.15) is 29.6 Å². The van der Waals surface area contributed by atoms with Crippen LogP contribution in [-0.2, 0) is 9.47 Å². The predicted octanol–water partition coefficient (Wildman–Crippen LogP) is 2.04. The summed E-state index contributed by atoms with van der Waals surface area (Å²) in [6.07, 6.45) is 3.58. The summed E-state index contributed by atoms with van der Waals surface area (Å²) in [6, 6.07) is 5.18. The number of carbonyl (C=O) groups excluding carboxylic acids is 1. The highest BCUT2D eigenvalue weighted by Crippen LogP contribution is 2.21. The molecule has 0 aromatic heterocycles. The van der Waals surface area contributed by atoms with Crippen LogP contribution >= 0.6 is 0 Å². The molecule has 0 saturated carbocycles. The molecular weight excluding hydrogens is 244 g/mol. The van der Waals surface area contributed by atoms with Crippen molar-refractivity contribution >= 4 is 17.3 Å². The molecule has 5 heteroatoms. The van der Waals surface area contributed by atoms with E-state index in [4.69, 9.17) is 15.2 Å². The van der Waals surface area contributed by atoms with Gasteiger partial charge in [-0.15, -0.1) is 0 Å². The number of nitrogens with two attached hydrogens (primary N) is 1. The maximum Gasteiger partial charge on any atom is 0.340 e. The number of nitrogen functional groups attached to an aromatic ring is 1. The molecule has 2 rings (SSSR count). The van der Waals surface area contributed by atoms with E-state index < -0.39 is 0 Å². The van der Waals surface area contributed by atoms with Gasteiger partial charge in [0.2, 0.25) is 0 Å². The lowest BCUT2D eigenvalue weighted by molar-refractivity contribution is 0.0247. The Morgan fingerprint density at radius 3 is 3.05 bits per heavy atom. The molecule has 5 nitrogen and oxygen atoms in total. The normalized spacial score (nSPS) is 18.9. The fourth-order valence-corrected chi connectivity index (χ4v) is 2.19. The topological polar surface area (TPSA) is 73.6 Å². The zero-order valence-corrected chi connectivity index (χ0v) is 11.1. The molecular formula is C14H20N2O3. The van der Waals surface area contributed by atoms with Gasteiger partial charge in [-0.25, -0.2) is 4.79 Å². The molecule has 1 aromatic carbocycles. The molecule has 0 radical (unpaired) electrons. The van der Waals surface area contributed by atoms with E-state index in [1.54, 1.807) is 18.2 Å². The Hall–Kier alpha value is -1.75. The van der Waals surface area contributed by atoms with E-state index in [-0.39, 0.29) is 12.1 Å². The van der Waals surface area contributed by atoms with Gasteiger partial charge in [-0.05, 0) is 37.5 Å². The maximum atomic E-state index is 11.7. The summed E-state index contributed by atoms with van der Waals surface area (Å²) < 4.78 is 10.4. The summed E-state index contributed by atoms with van der Waals surface area (Å²) in [5.74, 6) is -0.389. The van der Waals surface area contributed by atoms with Crippen LogP contribution in [0.3, 0.4) is 0 Å². The van der Waals surface area contributed by atoms with Gasteiger partial charge < -0.3 is 20.5 Å². The number of benzene rings is 1. The number of carbonyl (C=O) groups is 1. The smallest absolute Gasteiger partial charge is 0.340 e. The van der Waals surface area contributed by atoms with Gasteiger partial charge in [-0.1, -0.05) is 0 Å². The fraction of sp³-hybridized carbons (Fsp3) is 0.500. The molecule has 19 heavy (non-hydrogen) atoms. The molecule has 3 N–H and O–H groups in total. The minimum Gasteiger partial charge on any atom is -0.465 e. The van der Waals surface area contributed by atoms with Gasteiger partial charge >= 0.3 is 5.97 Å². The first-order valence-corrected chi connectivity index (χ1v) is 6.54. The second-order valence-corrected chi connectivity index (χ2v) is 4.67. The van der Waals surface area contributed by atoms with E-state index in [0.29, 0.717) is 17.8 Å². The Kier molecular flexibility index (Phi) is 4.63. The average molecular weight is 264 g/mol. The number of ether oxygens (including phenoxy) is 2. The third-order valence-electron chi connectivity index (χ3n) is 3.24. The van der Waals surface area contributed by atoms with E-state index in [1.165, 1.54) is 13.5 Å². The lowest BCUT2D eigenvalue weighted by Crippen LogP contribution is -2.27. The third-order valence-corrected chi connectivity index (χ3v) is 3.24. The van der Waals surface area contributed by atoms with Crippen LogP contribution < -0.4 is 11.1 Å². The minimum atomic E-state index is -0.389. The van der Waals surface area contributed by atoms with Crippen LogP contribution in [0.25, 0.3) is 0 Å². The van der Waals surface area contributed by atoms with Gasteiger partial charge in [-0.3, -0.25) is 0 Å². The lowest BCUT2D eigenvalue weighted by atomic mass is 10.1. The van der Waals surface area contributed by atoms with Crippen molar-refractivity contribution in [3.05, 3.63) is 23.8 Å². The molecule has 1 aliphatic heterocycles. The van der Waals surface area contributed by atoms with E-state index >= 15 is 0 Å². The fourth-order valence-electron chi connectivity index (χ4n) is 2.19. The van der Waals surface area contributed by atoms with E-state index in [9.17, 15) is 4.79 Å². The second kappa shape index (κ2) is 6.43. The summed E-state index contributed by atoms with van der Waals surface area (Å²) in [6.45, 7) is 1.51. The van der Waals surface area contributed by atoms with Crippen molar-refractivity contribution in [3.63, 3.8) is 0 Å². The number of hydrogen-bond acceptors (Lipinski definition) is 5. The monoisotopic (exact) mass is 264 g/mol. The first-order valence-electron chi connectivity index (χ1n) is 6.54. The standard InChI is InChI=1S/C14H20N2O3/c1-18-14(17)12-8-10(15)5-6-13(12)16-9-11-4-2-3-7-19-11/h5-6,8,11,16H,2-4,7,9,15H2,1H3. The zero-order valence-electron chi connectivity index (χ0n) is 11.1. The Morgan fingerprint density at radius 1 is 1.53 bits per heavy atom. The molecule has 0 aliphatic carbocycles. The predicted molar refractivity (Wildman–Crippen MR) is 74.3 cm³/mol. The summed E-state index contributed by atoms with van der Waals surface area (Å²) in [5, 5.41) is 3.24. The molecule has 0 bridgehead atoms. The highest BCUT2D eigenvalue weighted by Gasteiger charge is 2.16. The molecule has 1 atom stereocenters. The van der Waals surface area contributed by atoms with E-state index in [2.05, 4.69) is 5.32 Å². The molecule has 1 fully saturated rings. The summed E-state index contributed by atoms with van der Waals surface area (Å²) >= 11 is 0. The molecule has 1 unspecified atom stereocenters. The maximum absolute atomic E-state index is 11.7. The van der Waals surface area contributed by atoms with Gasteiger partial charge in [0.15, 0.2) is 0 Å². The Bertz CT molecular complexity index is 442. The van der Waals surface area contributed by atoms with Gasteiger partial charge in [-0.2, -0.15) is 0 Å². The first kappa shape index (κ1) is 13.7. The number of methoxy groups -OCH3 is 1. The van der Waals surface area contributed by atoms with Crippen molar-refractivity contribution in [1.29, 1.82) is 0 Å². The lowest BCUT2D eigenvalue weighted by Gasteiger charge is -2.23. The molecule has 1 aromatic rings. The van der Waals surface area contributed by atoms with Crippen molar-refractivity contribution in [2.75, 3.05) is 31.3 Å². The van der Waals surface area contributed by atoms with Crippen LogP contribution in [0.5, 0.6) is 0 Å². The highest BCUT2D eigenvalue weighted by atomic mass is 16.5. The number of nitrogens with one attached hydrogen (secondary N) is 1. The third kappa shape index (κ3) is 3.61. The van der Waals surface area contributed by atoms with Crippen LogP contribution in [0, 0.1) is 0 Å². The van der Waals surface area contributed by atoms with Crippen molar-refractivity contribution in [2.24, 2.45) is 0 Å². The van der Waals surface area contributed by atoms with Gasteiger partial charge in [0.1, 0.15) is 0 Å². The number of hydrogen-bond donors (Lipinski definition) is 2. The second-order valence-electron chi connectivity index (χ2n) is 4.67. The average Bonchev–Trinajstić information content (AvgIpc) is 2.46. The van der Waals surface area contributed by atoms with Crippen LogP contribution in [-0.4, -0.2) is 32.3 Å². The zero-order chi connectivity index (χ0) is 13.7. The van der Waals surface area contributed by atoms with Crippen molar-refractivity contribution in [1.82, 2.24) is 0 Å². The Morgan fingerprint density at radius 2 is 2.37 bits per heavy atom. The molecule has 1 saturated heterocycles. The number of rotatable bonds is 4.